The number of benzene rings is 2. The molecule has 0 fully saturated rings. The minimum absolute atomic E-state index is 0.763. The van der Waals surface area contributed by atoms with E-state index in [4.69, 9.17) is 19.2 Å². The lowest BCUT2D eigenvalue weighted by atomic mass is 9.92. The maximum absolute atomic E-state index is 5.46. The molecule has 1 aromatic heterocycles. The van der Waals surface area contributed by atoms with Crippen LogP contribution < -0.4 is 24.8 Å². The summed E-state index contributed by atoms with van der Waals surface area (Å²) in [6.45, 7) is 1.54. The van der Waals surface area contributed by atoms with Gasteiger partial charge in [0.15, 0.2) is 0 Å². The Morgan fingerprint density at radius 1 is 0.800 bits per heavy atom. The van der Waals surface area contributed by atoms with Crippen LogP contribution in [0.15, 0.2) is 36.4 Å². The molecule has 0 unspecified atom stereocenters. The Morgan fingerprint density at radius 3 is 2.23 bits per heavy atom. The van der Waals surface area contributed by atoms with Crippen molar-refractivity contribution in [1.29, 1.82) is 0 Å². The molecule has 0 radical (unpaired) electrons. The first-order chi connectivity index (χ1) is 14.7. The number of aromatic nitrogens is 1. The van der Waals surface area contributed by atoms with Gasteiger partial charge in [0.25, 0.3) is 0 Å². The highest BCUT2D eigenvalue weighted by molar-refractivity contribution is 5.94. The fourth-order valence-electron chi connectivity index (χ4n) is 4.04. The normalized spacial score (nSPS) is 12.9. The predicted octanol–water partition coefficient (Wildman–Crippen LogP) is 4.66. The Bertz CT molecular complexity index is 1010. The minimum atomic E-state index is 0.763. The van der Waals surface area contributed by atoms with E-state index in [1.165, 1.54) is 29.8 Å². The van der Waals surface area contributed by atoms with Crippen LogP contribution >= 0.6 is 0 Å². The lowest BCUT2D eigenvalue weighted by Crippen LogP contribution is -2.17. The van der Waals surface area contributed by atoms with Crippen LogP contribution in [0.25, 0.3) is 10.9 Å². The van der Waals surface area contributed by atoms with Crippen LogP contribution in [0.2, 0.25) is 0 Å². The van der Waals surface area contributed by atoms with Crippen LogP contribution in [0, 0.1) is 0 Å². The van der Waals surface area contributed by atoms with E-state index in [0.717, 1.165) is 59.8 Å². The van der Waals surface area contributed by atoms with Crippen molar-refractivity contribution in [2.75, 3.05) is 45.1 Å². The summed E-state index contributed by atoms with van der Waals surface area (Å²) in [6.07, 6.45) is 4.53. The van der Waals surface area contributed by atoms with Gasteiger partial charge in [0.1, 0.15) is 17.2 Å². The van der Waals surface area contributed by atoms with E-state index >= 15 is 0 Å². The molecule has 0 spiro atoms. The van der Waals surface area contributed by atoms with E-state index in [9.17, 15) is 0 Å². The third-order valence-corrected chi connectivity index (χ3v) is 5.58. The number of aryl methyl sites for hydroxylation is 1. The molecule has 4 rings (SSSR count). The monoisotopic (exact) mass is 407 g/mol. The van der Waals surface area contributed by atoms with Crippen molar-refractivity contribution < 1.29 is 14.2 Å². The molecule has 2 aromatic carbocycles. The summed E-state index contributed by atoms with van der Waals surface area (Å²) in [6, 6.07) is 11.9. The van der Waals surface area contributed by atoms with Gasteiger partial charge in [-0.05, 0) is 49.4 Å². The summed E-state index contributed by atoms with van der Waals surface area (Å²) in [5.74, 6) is 2.39. The molecule has 3 aromatic rings. The topological polar surface area (TPSA) is 64.6 Å². The number of rotatable bonds is 8. The number of pyridine rings is 1. The van der Waals surface area contributed by atoms with Gasteiger partial charge in [0.2, 0.25) is 0 Å². The number of nitrogens with one attached hydrogen (secondary N) is 2. The van der Waals surface area contributed by atoms with Gasteiger partial charge < -0.3 is 24.8 Å². The molecule has 0 saturated carbocycles. The van der Waals surface area contributed by atoms with E-state index in [0.29, 0.717) is 0 Å². The van der Waals surface area contributed by atoms with Crippen molar-refractivity contribution in [3.63, 3.8) is 0 Å². The van der Waals surface area contributed by atoms with Gasteiger partial charge in [-0.25, -0.2) is 0 Å². The summed E-state index contributed by atoms with van der Waals surface area (Å²) >= 11 is 0. The summed E-state index contributed by atoms with van der Waals surface area (Å²) in [5.41, 5.74) is 5.76. The first-order valence-electron chi connectivity index (χ1n) is 10.4. The summed E-state index contributed by atoms with van der Waals surface area (Å²) in [7, 11) is 5.02. The fraction of sp³-hybridized carbons (Fsp3) is 0.375. The molecule has 1 aliphatic rings. The Balaban J connectivity index is 1.53. The summed E-state index contributed by atoms with van der Waals surface area (Å²) < 4.78 is 16.2. The zero-order valence-electron chi connectivity index (χ0n) is 17.9. The molecule has 30 heavy (non-hydrogen) atoms. The lowest BCUT2D eigenvalue weighted by molar-refractivity contribution is 0.394. The molecule has 1 heterocycles. The molecule has 6 nitrogen and oxygen atoms in total. The molecular formula is C24H29N3O3. The van der Waals surface area contributed by atoms with Crippen LogP contribution in [0.5, 0.6) is 17.2 Å². The highest BCUT2D eigenvalue weighted by atomic mass is 16.5. The number of hydrogen-bond acceptors (Lipinski definition) is 6. The number of hydrogen-bond donors (Lipinski definition) is 2. The van der Waals surface area contributed by atoms with E-state index in [-0.39, 0.29) is 0 Å². The standard InChI is InChI=1S/C24H29N3O3/c1-28-17-8-9-23-21(15-17)24(20-6-4-5-7-22(20)27-23)26-11-10-25-16-12-18(29-2)14-19(13-16)30-3/h8-9,12-15,25H,4-7,10-11H2,1-3H3,(H,26,27). The van der Waals surface area contributed by atoms with Crippen molar-refractivity contribution in [2.45, 2.75) is 25.7 Å². The van der Waals surface area contributed by atoms with E-state index in [2.05, 4.69) is 22.8 Å². The molecule has 0 atom stereocenters. The molecule has 0 saturated heterocycles. The second-order valence-electron chi connectivity index (χ2n) is 7.46. The Morgan fingerprint density at radius 2 is 1.50 bits per heavy atom. The SMILES string of the molecule is COc1cc(NCCNc2c3c(nc4ccc(OC)cc24)CCCC3)cc(OC)c1. The van der Waals surface area contributed by atoms with Crippen LogP contribution in [-0.4, -0.2) is 39.4 Å². The minimum Gasteiger partial charge on any atom is -0.497 e. The smallest absolute Gasteiger partial charge is 0.124 e. The Labute approximate surface area is 177 Å². The van der Waals surface area contributed by atoms with Gasteiger partial charge in [0, 0.05) is 53.7 Å². The highest BCUT2D eigenvalue weighted by Gasteiger charge is 2.18. The highest BCUT2D eigenvalue weighted by Crippen LogP contribution is 2.35. The number of methoxy groups -OCH3 is 3. The first-order valence-corrected chi connectivity index (χ1v) is 10.4. The van der Waals surface area contributed by atoms with Crippen LogP contribution in [0.4, 0.5) is 11.4 Å². The maximum atomic E-state index is 5.46. The van der Waals surface area contributed by atoms with Gasteiger partial charge in [-0.15, -0.1) is 0 Å². The van der Waals surface area contributed by atoms with Crippen molar-refractivity contribution in [3.05, 3.63) is 47.7 Å². The average Bonchev–Trinajstić information content (AvgIpc) is 2.80. The maximum Gasteiger partial charge on any atom is 0.124 e. The van der Waals surface area contributed by atoms with Gasteiger partial charge in [-0.1, -0.05) is 0 Å². The summed E-state index contributed by atoms with van der Waals surface area (Å²) in [5, 5.41) is 8.25. The Hall–Kier alpha value is -3.15. The van der Waals surface area contributed by atoms with Crippen molar-refractivity contribution in [2.24, 2.45) is 0 Å². The van der Waals surface area contributed by atoms with E-state index in [1.54, 1.807) is 21.3 Å². The van der Waals surface area contributed by atoms with Gasteiger partial charge in [-0.3, -0.25) is 4.98 Å². The lowest BCUT2D eigenvalue weighted by Gasteiger charge is -2.22. The van der Waals surface area contributed by atoms with Crippen molar-refractivity contribution in [1.82, 2.24) is 4.98 Å². The second kappa shape index (κ2) is 9.11. The quantitative estimate of drug-likeness (QED) is 0.530. The third-order valence-electron chi connectivity index (χ3n) is 5.58. The molecule has 158 valence electrons. The molecule has 0 bridgehead atoms. The van der Waals surface area contributed by atoms with Crippen LogP contribution in [0.1, 0.15) is 24.1 Å². The van der Waals surface area contributed by atoms with Crippen LogP contribution in [0.3, 0.4) is 0 Å². The van der Waals surface area contributed by atoms with Crippen molar-refractivity contribution in [3.8, 4) is 17.2 Å². The molecule has 1 aliphatic carbocycles. The van der Waals surface area contributed by atoms with Gasteiger partial charge >= 0.3 is 0 Å². The number of nitrogens with zero attached hydrogens (tertiary/aromatic N) is 1. The second-order valence-corrected chi connectivity index (χ2v) is 7.46. The van der Waals surface area contributed by atoms with Gasteiger partial charge in [-0.2, -0.15) is 0 Å². The molecule has 0 amide bonds. The zero-order chi connectivity index (χ0) is 20.9. The Kier molecular flexibility index (Phi) is 6.12. The molecule has 6 heteroatoms. The number of fused-ring (bicyclic) bond motifs is 2. The fourth-order valence-corrected chi connectivity index (χ4v) is 4.04. The largest absolute Gasteiger partial charge is 0.497 e. The zero-order valence-corrected chi connectivity index (χ0v) is 17.9. The van der Waals surface area contributed by atoms with Crippen LogP contribution in [-0.2, 0) is 12.8 Å². The molecule has 2 N–H and O–H groups in total. The van der Waals surface area contributed by atoms with E-state index < -0.39 is 0 Å². The number of ether oxygens (including phenoxy) is 3. The molecular weight excluding hydrogens is 378 g/mol. The van der Waals surface area contributed by atoms with E-state index in [1.807, 2.05) is 24.3 Å². The predicted molar refractivity (Wildman–Crippen MR) is 121 cm³/mol. The van der Waals surface area contributed by atoms with Gasteiger partial charge in [0.05, 0.1) is 26.8 Å². The van der Waals surface area contributed by atoms with Crippen molar-refractivity contribution >= 4 is 22.3 Å². The average molecular weight is 408 g/mol. The summed E-state index contributed by atoms with van der Waals surface area (Å²) in [4.78, 5) is 4.93. The first kappa shape index (κ1) is 20.1. The number of anilines is 2. The third kappa shape index (κ3) is 4.22. The molecule has 0 aliphatic heterocycles.